The lowest BCUT2D eigenvalue weighted by Gasteiger charge is -2.16. The van der Waals surface area contributed by atoms with Crippen molar-refractivity contribution in [2.45, 2.75) is 20.1 Å². The molecule has 1 N–H and O–H groups in total. The molecule has 6 heteroatoms. The van der Waals surface area contributed by atoms with Gasteiger partial charge in [0.25, 0.3) is 0 Å². The summed E-state index contributed by atoms with van der Waals surface area (Å²) in [4.78, 5) is 0. The zero-order valence-electron chi connectivity index (χ0n) is 13.0. The van der Waals surface area contributed by atoms with Crippen LogP contribution < -0.4 is 9.47 Å². The van der Waals surface area contributed by atoms with E-state index in [1.807, 2.05) is 19.9 Å². The van der Waals surface area contributed by atoms with Gasteiger partial charge in [-0.2, -0.15) is 5.26 Å². The standard InChI is InChI=1S/C13H17NO5.C2H6/c1-16-13(17-2)9-19-11-4-3-10(8-14)7-12(11)18-6-5-15;1-2/h3-4,7,13,15H,5-6,9H2,1-2H3;1-2H3. The molecular formula is C15H23NO5. The summed E-state index contributed by atoms with van der Waals surface area (Å²) in [5.41, 5.74) is 0.454. The topological polar surface area (TPSA) is 80.9 Å². The molecule has 0 aliphatic heterocycles. The minimum Gasteiger partial charge on any atom is -0.487 e. The first-order valence-corrected chi connectivity index (χ1v) is 6.71. The molecule has 0 amide bonds. The summed E-state index contributed by atoms with van der Waals surface area (Å²) in [6, 6.07) is 6.82. The quantitative estimate of drug-likeness (QED) is 0.739. The lowest BCUT2D eigenvalue weighted by molar-refractivity contribution is -0.122. The van der Waals surface area contributed by atoms with Gasteiger partial charge in [-0.25, -0.2) is 0 Å². The van der Waals surface area contributed by atoms with E-state index in [-0.39, 0.29) is 19.8 Å². The number of nitrogens with zero attached hydrogens (tertiary/aromatic N) is 1. The number of aliphatic hydroxyl groups excluding tert-OH is 1. The number of aliphatic hydroxyl groups is 1. The number of nitriles is 1. The molecule has 0 aliphatic carbocycles. The first kappa shape index (κ1) is 19.2. The summed E-state index contributed by atoms with van der Waals surface area (Å²) in [5, 5.41) is 17.6. The van der Waals surface area contributed by atoms with Gasteiger partial charge in [0, 0.05) is 20.3 Å². The van der Waals surface area contributed by atoms with Gasteiger partial charge >= 0.3 is 0 Å². The van der Waals surface area contributed by atoms with Crippen molar-refractivity contribution in [2.75, 3.05) is 34.0 Å². The van der Waals surface area contributed by atoms with Crippen molar-refractivity contribution in [3.63, 3.8) is 0 Å². The third-order valence-corrected chi connectivity index (χ3v) is 2.32. The van der Waals surface area contributed by atoms with Gasteiger partial charge in [-0.05, 0) is 12.1 Å². The molecule has 118 valence electrons. The highest BCUT2D eigenvalue weighted by molar-refractivity contribution is 5.46. The highest BCUT2D eigenvalue weighted by atomic mass is 16.7. The predicted octanol–water partition coefficient (Wildman–Crippen LogP) is 1.95. The van der Waals surface area contributed by atoms with E-state index in [1.54, 1.807) is 18.2 Å². The Labute approximate surface area is 125 Å². The average molecular weight is 297 g/mol. The van der Waals surface area contributed by atoms with E-state index in [1.165, 1.54) is 14.2 Å². The zero-order chi connectivity index (χ0) is 16.1. The number of ether oxygens (including phenoxy) is 4. The molecule has 0 unspecified atom stereocenters. The number of hydrogen-bond donors (Lipinski definition) is 1. The molecule has 0 fully saturated rings. The second kappa shape index (κ2) is 12.0. The molecule has 1 aromatic carbocycles. The van der Waals surface area contributed by atoms with Crippen molar-refractivity contribution in [1.29, 1.82) is 5.26 Å². The largest absolute Gasteiger partial charge is 0.487 e. The second-order valence-electron chi connectivity index (χ2n) is 3.56. The van der Waals surface area contributed by atoms with Crippen LogP contribution in [0.5, 0.6) is 11.5 Å². The Balaban J connectivity index is 0.00000191. The first-order valence-electron chi connectivity index (χ1n) is 6.71. The van der Waals surface area contributed by atoms with Crippen molar-refractivity contribution < 1.29 is 24.1 Å². The van der Waals surface area contributed by atoms with Crippen LogP contribution in [0.15, 0.2) is 18.2 Å². The number of methoxy groups -OCH3 is 2. The SMILES string of the molecule is CC.COC(COc1ccc(C#N)cc1OCCO)OC. The van der Waals surface area contributed by atoms with Gasteiger partial charge in [0.2, 0.25) is 0 Å². The van der Waals surface area contributed by atoms with Crippen molar-refractivity contribution in [3.05, 3.63) is 23.8 Å². The Hall–Kier alpha value is -1.81. The fourth-order valence-electron chi connectivity index (χ4n) is 1.36. The molecule has 0 atom stereocenters. The molecule has 0 aliphatic rings. The Morgan fingerprint density at radius 3 is 2.33 bits per heavy atom. The molecule has 0 saturated heterocycles. The van der Waals surface area contributed by atoms with E-state index in [9.17, 15) is 0 Å². The van der Waals surface area contributed by atoms with Crippen LogP contribution in [0.1, 0.15) is 19.4 Å². The Kier molecular flexibility index (Phi) is 10.9. The smallest absolute Gasteiger partial charge is 0.191 e. The van der Waals surface area contributed by atoms with Crippen LogP contribution in [-0.2, 0) is 9.47 Å². The van der Waals surface area contributed by atoms with Gasteiger partial charge in [0.15, 0.2) is 17.8 Å². The van der Waals surface area contributed by atoms with Crippen molar-refractivity contribution >= 4 is 0 Å². The van der Waals surface area contributed by atoms with Crippen LogP contribution in [0, 0.1) is 11.3 Å². The highest BCUT2D eigenvalue weighted by Gasteiger charge is 2.11. The molecule has 0 spiro atoms. The molecule has 0 saturated carbocycles. The molecular weight excluding hydrogens is 274 g/mol. The van der Waals surface area contributed by atoms with E-state index in [4.69, 9.17) is 29.3 Å². The Morgan fingerprint density at radius 2 is 1.81 bits per heavy atom. The van der Waals surface area contributed by atoms with Crippen LogP contribution in [0.25, 0.3) is 0 Å². The number of rotatable bonds is 8. The van der Waals surface area contributed by atoms with Crippen LogP contribution >= 0.6 is 0 Å². The first-order chi connectivity index (χ1) is 10.2. The van der Waals surface area contributed by atoms with Crippen molar-refractivity contribution in [3.8, 4) is 17.6 Å². The minimum atomic E-state index is -0.485. The van der Waals surface area contributed by atoms with Gasteiger partial charge in [0.05, 0.1) is 18.2 Å². The monoisotopic (exact) mass is 297 g/mol. The summed E-state index contributed by atoms with van der Waals surface area (Å²) in [6.07, 6.45) is -0.485. The normalized spacial score (nSPS) is 9.57. The third-order valence-electron chi connectivity index (χ3n) is 2.32. The maximum Gasteiger partial charge on any atom is 0.191 e. The summed E-state index contributed by atoms with van der Waals surface area (Å²) >= 11 is 0. The number of hydrogen-bond acceptors (Lipinski definition) is 6. The predicted molar refractivity (Wildman–Crippen MR) is 78.4 cm³/mol. The molecule has 0 radical (unpaired) electrons. The van der Waals surface area contributed by atoms with Gasteiger partial charge in [0.1, 0.15) is 13.2 Å². The molecule has 0 aromatic heterocycles. The minimum absolute atomic E-state index is 0.116. The average Bonchev–Trinajstić information content (AvgIpc) is 2.56. The summed E-state index contributed by atoms with van der Waals surface area (Å²) in [6.45, 7) is 4.20. The fourth-order valence-corrected chi connectivity index (χ4v) is 1.36. The van der Waals surface area contributed by atoms with Crippen molar-refractivity contribution in [1.82, 2.24) is 0 Å². The van der Waals surface area contributed by atoms with Gasteiger partial charge in [-0.3, -0.25) is 0 Å². The lowest BCUT2D eigenvalue weighted by atomic mass is 10.2. The van der Waals surface area contributed by atoms with Crippen molar-refractivity contribution in [2.24, 2.45) is 0 Å². The number of benzene rings is 1. The van der Waals surface area contributed by atoms with Crippen LogP contribution in [0.3, 0.4) is 0 Å². The van der Waals surface area contributed by atoms with Crippen LogP contribution in [-0.4, -0.2) is 45.4 Å². The lowest BCUT2D eigenvalue weighted by Crippen LogP contribution is -2.22. The van der Waals surface area contributed by atoms with Gasteiger partial charge in [-0.1, -0.05) is 13.8 Å². The molecule has 0 heterocycles. The van der Waals surface area contributed by atoms with Crippen LogP contribution in [0.2, 0.25) is 0 Å². The molecule has 1 rings (SSSR count). The van der Waals surface area contributed by atoms with Gasteiger partial charge < -0.3 is 24.1 Å². The molecule has 0 bridgehead atoms. The van der Waals surface area contributed by atoms with E-state index in [2.05, 4.69) is 0 Å². The maximum atomic E-state index is 8.84. The molecule has 21 heavy (non-hydrogen) atoms. The summed E-state index contributed by atoms with van der Waals surface area (Å²) in [5.74, 6) is 0.866. The molecule has 6 nitrogen and oxygen atoms in total. The summed E-state index contributed by atoms with van der Waals surface area (Å²) in [7, 11) is 3.03. The molecule has 1 aromatic rings. The van der Waals surface area contributed by atoms with E-state index >= 15 is 0 Å². The Bertz CT molecular complexity index is 427. The fraction of sp³-hybridized carbons (Fsp3) is 0.533. The highest BCUT2D eigenvalue weighted by Crippen LogP contribution is 2.28. The van der Waals surface area contributed by atoms with E-state index in [0.29, 0.717) is 17.1 Å². The third kappa shape index (κ3) is 6.95. The van der Waals surface area contributed by atoms with Crippen LogP contribution in [0.4, 0.5) is 0 Å². The zero-order valence-corrected chi connectivity index (χ0v) is 13.0. The Morgan fingerprint density at radius 1 is 1.14 bits per heavy atom. The second-order valence-corrected chi connectivity index (χ2v) is 3.56. The van der Waals surface area contributed by atoms with Gasteiger partial charge in [-0.15, -0.1) is 0 Å². The van der Waals surface area contributed by atoms with E-state index in [0.717, 1.165) is 0 Å². The maximum absolute atomic E-state index is 8.84. The summed E-state index contributed by atoms with van der Waals surface area (Å²) < 4.78 is 20.8. The van der Waals surface area contributed by atoms with E-state index < -0.39 is 6.29 Å².